The van der Waals surface area contributed by atoms with Crippen molar-refractivity contribution in [2.24, 2.45) is 0 Å². The fourth-order valence-electron chi connectivity index (χ4n) is 0.786. The minimum absolute atomic E-state index is 0.118. The van der Waals surface area contributed by atoms with E-state index >= 15 is 0 Å². The smallest absolute Gasteiger partial charge is 0.164 e. The number of hydrogen-bond donors (Lipinski definition) is 2. The molecule has 1 aromatic rings. The molecule has 12 heavy (non-hydrogen) atoms. The standard InChI is InChI=1S/C8H12INO2/c1-6(5-11)10-4-7-2-3-8(9)12-7/h2-3,6,10-11H,4-5H2,1H3. The molecule has 0 radical (unpaired) electrons. The molecule has 0 spiro atoms. The first-order valence-corrected chi connectivity index (χ1v) is 4.88. The van der Waals surface area contributed by atoms with Crippen molar-refractivity contribution in [3.05, 3.63) is 21.7 Å². The van der Waals surface area contributed by atoms with Crippen LogP contribution in [0.25, 0.3) is 0 Å². The molecule has 1 aromatic heterocycles. The van der Waals surface area contributed by atoms with E-state index in [0.29, 0.717) is 6.54 Å². The van der Waals surface area contributed by atoms with Crippen molar-refractivity contribution in [1.29, 1.82) is 0 Å². The van der Waals surface area contributed by atoms with E-state index in [1.807, 2.05) is 19.1 Å². The topological polar surface area (TPSA) is 45.4 Å². The minimum atomic E-state index is 0.118. The van der Waals surface area contributed by atoms with Gasteiger partial charge in [0.2, 0.25) is 0 Å². The Morgan fingerprint density at radius 1 is 1.67 bits per heavy atom. The molecule has 2 N–H and O–H groups in total. The third kappa shape index (κ3) is 3.12. The van der Waals surface area contributed by atoms with Gasteiger partial charge in [0.1, 0.15) is 5.76 Å². The maximum atomic E-state index is 8.72. The maximum Gasteiger partial charge on any atom is 0.164 e. The minimum Gasteiger partial charge on any atom is -0.454 e. The van der Waals surface area contributed by atoms with Gasteiger partial charge in [0.25, 0.3) is 0 Å². The van der Waals surface area contributed by atoms with Crippen molar-refractivity contribution >= 4 is 22.6 Å². The lowest BCUT2D eigenvalue weighted by Crippen LogP contribution is -2.28. The van der Waals surface area contributed by atoms with Gasteiger partial charge in [-0.25, -0.2) is 0 Å². The van der Waals surface area contributed by atoms with Crippen molar-refractivity contribution < 1.29 is 9.52 Å². The normalized spacial score (nSPS) is 13.2. The Balaban J connectivity index is 2.33. The van der Waals surface area contributed by atoms with Crippen molar-refractivity contribution in [3.63, 3.8) is 0 Å². The first kappa shape index (κ1) is 10.0. The van der Waals surface area contributed by atoms with Gasteiger partial charge in [0.05, 0.1) is 13.2 Å². The predicted molar refractivity (Wildman–Crippen MR) is 54.8 cm³/mol. The SMILES string of the molecule is CC(CO)NCc1ccc(I)o1. The second-order valence-corrected chi connectivity index (χ2v) is 3.73. The van der Waals surface area contributed by atoms with Gasteiger partial charge in [0.15, 0.2) is 3.77 Å². The lowest BCUT2D eigenvalue weighted by molar-refractivity contribution is 0.248. The van der Waals surface area contributed by atoms with E-state index in [1.165, 1.54) is 0 Å². The molecule has 1 unspecified atom stereocenters. The van der Waals surface area contributed by atoms with Gasteiger partial charge in [-0.2, -0.15) is 0 Å². The number of hydrogen-bond acceptors (Lipinski definition) is 3. The molecule has 0 bridgehead atoms. The summed E-state index contributed by atoms with van der Waals surface area (Å²) in [5.74, 6) is 0.903. The number of aliphatic hydroxyl groups excluding tert-OH is 1. The molecule has 3 nitrogen and oxygen atoms in total. The van der Waals surface area contributed by atoms with Gasteiger partial charge in [-0.1, -0.05) is 0 Å². The molecule has 1 atom stereocenters. The number of nitrogens with one attached hydrogen (secondary N) is 1. The van der Waals surface area contributed by atoms with Crippen molar-refractivity contribution in [2.75, 3.05) is 6.61 Å². The van der Waals surface area contributed by atoms with Crippen LogP contribution in [0.5, 0.6) is 0 Å². The number of aliphatic hydroxyl groups is 1. The van der Waals surface area contributed by atoms with Gasteiger partial charge >= 0.3 is 0 Å². The summed E-state index contributed by atoms with van der Waals surface area (Å²) >= 11 is 2.12. The molecule has 0 aromatic carbocycles. The van der Waals surface area contributed by atoms with Crippen LogP contribution in [0.3, 0.4) is 0 Å². The van der Waals surface area contributed by atoms with Gasteiger partial charge in [0, 0.05) is 6.04 Å². The highest BCUT2D eigenvalue weighted by Gasteiger charge is 2.01. The quantitative estimate of drug-likeness (QED) is 0.819. The van der Waals surface area contributed by atoms with Crippen molar-refractivity contribution in [2.45, 2.75) is 19.5 Å². The highest BCUT2D eigenvalue weighted by atomic mass is 127. The molecule has 0 aliphatic rings. The van der Waals surface area contributed by atoms with Crippen LogP contribution in [0.2, 0.25) is 0 Å². The third-order valence-corrected chi connectivity index (χ3v) is 2.11. The summed E-state index contributed by atoms with van der Waals surface area (Å²) in [6, 6.07) is 3.97. The van der Waals surface area contributed by atoms with Crippen LogP contribution in [-0.4, -0.2) is 17.8 Å². The molecule has 0 fully saturated rings. The highest BCUT2D eigenvalue weighted by molar-refractivity contribution is 14.1. The summed E-state index contributed by atoms with van der Waals surface area (Å²) in [5.41, 5.74) is 0. The van der Waals surface area contributed by atoms with E-state index in [1.54, 1.807) is 0 Å². The van der Waals surface area contributed by atoms with Gasteiger partial charge in [-0.15, -0.1) is 0 Å². The molecule has 0 saturated heterocycles. The van der Waals surface area contributed by atoms with E-state index in [2.05, 4.69) is 27.9 Å². The Morgan fingerprint density at radius 2 is 2.42 bits per heavy atom. The highest BCUT2D eigenvalue weighted by Crippen LogP contribution is 2.09. The monoisotopic (exact) mass is 281 g/mol. The Kier molecular flexibility index (Phi) is 4.03. The zero-order chi connectivity index (χ0) is 8.97. The maximum absolute atomic E-state index is 8.72. The Bertz CT molecular complexity index is 237. The molecule has 0 aliphatic heterocycles. The predicted octanol–water partition coefficient (Wildman–Crippen LogP) is 1.35. The lowest BCUT2D eigenvalue weighted by Gasteiger charge is -2.07. The van der Waals surface area contributed by atoms with Crippen LogP contribution in [0.15, 0.2) is 16.5 Å². The second kappa shape index (κ2) is 4.84. The van der Waals surface area contributed by atoms with Crippen LogP contribution in [-0.2, 0) is 6.54 Å². The molecule has 0 aliphatic carbocycles. The van der Waals surface area contributed by atoms with Crippen molar-refractivity contribution in [3.8, 4) is 0 Å². The third-order valence-electron chi connectivity index (χ3n) is 1.53. The van der Waals surface area contributed by atoms with Crippen LogP contribution < -0.4 is 5.32 Å². The van der Waals surface area contributed by atoms with Gasteiger partial charge < -0.3 is 14.8 Å². The summed E-state index contributed by atoms with van der Waals surface area (Å²) in [7, 11) is 0. The fraction of sp³-hybridized carbons (Fsp3) is 0.500. The van der Waals surface area contributed by atoms with E-state index in [-0.39, 0.29) is 12.6 Å². The second-order valence-electron chi connectivity index (χ2n) is 2.67. The van der Waals surface area contributed by atoms with Gasteiger partial charge in [-0.3, -0.25) is 0 Å². The summed E-state index contributed by atoms with van der Waals surface area (Å²) < 4.78 is 6.21. The fourth-order valence-corrected chi connectivity index (χ4v) is 1.25. The van der Waals surface area contributed by atoms with E-state index in [0.717, 1.165) is 9.53 Å². The number of rotatable bonds is 4. The summed E-state index contributed by atoms with van der Waals surface area (Å²) in [4.78, 5) is 0. The zero-order valence-electron chi connectivity index (χ0n) is 6.88. The number of halogens is 1. The average molecular weight is 281 g/mol. The van der Waals surface area contributed by atoms with Crippen LogP contribution in [0, 0.1) is 3.77 Å². The molecular formula is C8H12INO2. The number of furan rings is 1. The summed E-state index contributed by atoms with van der Waals surface area (Å²) in [5, 5.41) is 11.8. The first-order chi connectivity index (χ1) is 5.72. The Hall–Kier alpha value is -0.0700. The van der Waals surface area contributed by atoms with Crippen LogP contribution >= 0.6 is 22.6 Å². The molecule has 68 valence electrons. The summed E-state index contributed by atoms with van der Waals surface area (Å²) in [6.45, 7) is 2.75. The Labute approximate surface area is 85.3 Å². The molecular weight excluding hydrogens is 269 g/mol. The molecule has 0 saturated carbocycles. The lowest BCUT2D eigenvalue weighted by atomic mass is 10.3. The van der Waals surface area contributed by atoms with Crippen LogP contribution in [0.4, 0.5) is 0 Å². The van der Waals surface area contributed by atoms with Gasteiger partial charge in [-0.05, 0) is 41.6 Å². The Morgan fingerprint density at radius 3 is 2.92 bits per heavy atom. The van der Waals surface area contributed by atoms with Crippen LogP contribution in [0.1, 0.15) is 12.7 Å². The first-order valence-electron chi connectivity index (χ1n) is 3.81. The van der Waals surface area contributed by atoms with E-state index < -0.39 is 0 Å². The molecule has 4 heteroatoms. The zero-order valence-corrected chi connectivity index (χ0v) is 9.04. The summed E-state index contributed by atoms with van der Waals surface area (Å²) in [6.07, 6.45) is 0. The van der Waals surface area contributed by atoms with E-state index in [9.17, 15) is 0 Å². The largest absolute Gasteiger partial charge is 0.454 e. The van der Waals surface area contributed by atoms with Crippen molar-refractivity contribution in [1.82, 2.24) is 5.32 Å². The average Bonchev–Trinajstić information content (AvgIpc) is 2.47. The molecule has 0 amide bonds. The van der Waals surface area contributed by atoms with E-state index in [4.69, 9.17) is 9.52 Å². The molecule has 1 heterocycles. The molecule has 1 rings (SSSR count).